The summed E-state index contributed by atoms with van der Waals surface area (Å²) in [5.74, 6) is 1.34. The first-order chi connectivity index (χ1) is 8.12. The molecule has 94 valence electrons. The summed E-state index contributed by atoms with van der Waals surface area (Å²) in [5, 5.41) is 0. The molecule has 0 aliphatic carbocycles. The lowest BCUT2D eigenvalue weighted by Crippen LogP contribution is -2.10. The molecule has 0 aliphatic rings. The number of ether oxygens (including phenoxy) is 1. The summed E-state index contributed by atoms with van der Waals surface area (Å²) < 4.78 is 7.41. The zero-order chi connectivity index (χ0) is 12.8. The van der Waals surface area contributed by atoms with Crippen molar-refractivity contribution in [1.82, 2.24) is 0 Å². The average molecular weight is 364 g/mol. The van der Waals surface area contributed by atoms with E-state index in [1.807, 2.05) is 0 Å². The number of hydrogen-bond donors (Lipinski definition) is 0. The van der Waals surface area contributed by atoms with Crippen LogP contribution in [-0.2, 0) is 0 Å². The maximum Gasteiger partial charge on any atom is 0.150 e. The van der Waals surface area contributed by atoms with E-state index in [1.54, 1.807) is 12.1 Å². The van der Waals surface area contributed by atoms with Crippen molar-refractivity contribution < 1.29 is 9.53 Å². The fraction of sp³-hybridized carbons (Fsp3) is 0.462. The highest BCUT2D eigenvalue weighted by Crippen LogP contribution is 2.34. The first-order valence-electron chi connectivity index (χ1n) is 5.69. The molecule has 0 atom stereocenters. The van der Waals surface area contributed by atoms with Gasteiger partial charge in [0.1, 0.15) is 12.0 Å². The van der Waals surface area contributed by atoms with Crippen LogP contribution in [0, 0.1) is 5.92 Å². The smallest absolute Gasteiger partial charge is 0.150 e. The molecule has 0 spiro atoms. The molecule has 0 fully saturated rings. The van der Waals surface area contributed by atoms with E-state index in [0.717, 1.165) is 33.8 Å². The molecule has 0 saturated heterocycles. The summed E-state index contributed by atoms with van der Waals surface area (Å²) in [6.45, 7) is 5.03. The van der Waals surface area contributed by atoms with Crippen LogP contribution >= 0.6 is 31.9 Å². The molecule has 0 radical (unpaired) electrons. The van der Waals surface area contributed by atoms with Crippen molar-refractivity contribution in [3.8, 4) is 5.75 Å². The predicted octanol–water partition coefficient (Wildman–Crippen LogP) is 4.84. The Balaban J connectivity index is 2.81. The second-order valence-corrected chi connectivity index (χ2v) is 5.63. The van der Waals surface area contributed by atoms with Crippen LogP contribution in [0.25, 0.3) is 0 Å². The average Bonchev–Trinajstić information content (AvgIpc) is 2.32. The van der Waals surface area contributed by atoms with Gasteiger partial charge in [0.2, 0.25) is 0 Å². The molecule has 4 heteroatoms. The number of carbonyl (C=O) groups is 1. The number of halogens is 2. The van der Waals surface area contributed by atoms with Crippen LogP contribution in [0.3, 0.4) is 0 Å². The fourth-order valence-corrected chi connectivity index (χ4v) is 2.96. The second-order valence-electron chi connectivity index (χ2n) is 3.93. The molecule has 0 N–H and O–H groups in total. The quantitative estimate of drug-likeness (QED) is 0.676. The van der Waals surface area contributed by atoms with Crippen molar-refractivity contribution in [1.29, 1.82) is 0 Å². The van der Waals surface area contributed by atoms with Crippen LogP contribution in [-0.4, -0.2) is 12.9 Å². The second kappa shape index (κ2) is 7.17. The zero-order valence-electron chi connectivity index (χ0n) is 10.0. The third-order valence-corrected chi connectivity index (χ3v) is 3.95. The van der Waals surface area contributed by atoms with E-state index in [-0.39, 0.29) is 0 Å². The maximum atomic E-state index is 10.7. The van der Waals surface area contributed by atoms with E-state index in [2.05, 4.69) is 45.7 Å². The third-order valence-electron chi connectivity index (χ3n) is 2.77. The van der Waals surface area contributed by atoms with Crippen molar-refractivity contribution in [2.75, 3.05) is 6.61 Å². The summed E-state index contributed by atoms with van der Waals surface area (Å²) in [6, 6.07) is 3.53. The van der Waals surface area contributed by atoms with Crippen LogP contribution in [0.15, 0.2) is 21.1 Å². The van der Waals surface area contributed by atoms with Gasteiger partial charge in [-0.05, 0) is 49.9 Å². The van der Waals surface area contributed by atoms with Crippen molar-refractivity contribution in [3.05, 3.63) is 26.6 Å². The van der Waals surface area contributed by atoms with Gasteiger partial charge in [-0.2, -0.15) is 0 Å². The largest absolute Gasteiger partial charge is 0.491 e. The molecule has 0 unspecified atom stereocenters. The summed E-state index contributed by atoms with van der Waals surface area (Å²) >= 11 is 6.84. The summed E-state index contributed by atoms with van der Waals surface area (Å²) in [4.78, 5) is 10.7. The molecule has 1 rings (SSSR count). The first kappa shape index (κ1) is 14.7. The maximum absolute atomic E-state index is 10.7. The van der Waals surface area contributed by atoms with Crippen molar-refractivity contribution in [2.24, 2.45) is 5.92 Å². The van der Waals surface area contributed by atoms with E-state index in [9.17, 15) is 4.79 Å². The van der Waals surface area contributed by atoms with Gasteiger partial charge < -0.3 is 4.74 Å². The number of rotatable bonds is 6. The van der Waals surface area contributed by atoms with Gasteiger partial charge in [-0.3, -0.25) is 4.79 Å². The first-order valence-corrected chi connectivity index (χ1v) is 7.27. The van der Waals surface area contributed by atoms with Gasteiger partial charge >= 0.3 is 0 Å². The highest BCUT2D eigenvalue weighted by atomic mass is 79.9. The Morgan fingerprint density at radius 1 is 1.24 bits per heavy atom. The Morgan fingerprint density at radius 2 is 1.76 bits per heavy atom. The van der Waals surface area contributed by atoms with Crippen molar-refractivity contribution in [2.45, 2.75) is 26.7 Å². The van der Waals surface area contributed by atoms with Crippen LogP contribution in [0.1, 0.15) is 37.0 Å². The lowest BCUT2D eigenvalue weighted by Gasteiger charge is -2.16. The van der Waals surface area contributed by atoms with E-state index < -0.39 is 0 Å². The molecule has 0 saturated carbocycles. The van der Waals surface area contributed by atoms with Gasteiger partial charge in [0.25, 0.3) is 0 Å². The van der Waals surface area contributed by atoms with Crippen molar-refractivity contribution in [3.63, 3.8) is 0 Å². The Labute approximate surface area is 119 Å². The summed E-state index contributed by atoms with van der Waals surface area (Å²) in [6.07, 6.45) is 3.04. The van der Waals surface area contributed by atoms with Gasteiger partial charge in [0.15, 0.2) is 0 Å². The molecule has 0 heterocycles. The van der Waals surface area contributed by atoms with E-state index in [1.165, 1.54) is 0 Å². The van der Waals surface area contributed by atoms with Crippen LogP contribution in [0.4, 0.5) is 0 Å². The van der Waals surface area contributed by atoms with Gasteiger partial charge in [-0.15, -0.1) is 0 Å². The molecule has 0 amide bonds. The Hall–Kier alpha value is -0.350. The Kier molecular flexibility index (Phi) is 6.20. The minimum atomic E-state index is 0.569. The van der Waals surface area contributed by atoms with Crippen LogP contribution in [0.2, 0.25) is 0 Å². The summed E-state index contributed by atoms with van der Waals surface area (Å²) in [5.41, 5.74) is 0.624. The Morgan fingerprint density at radius 3 is 2.18 bits per heavy atom. The lowest BCUT2D eigenvalue weighted by molar-refractivity contribution is 0.112. The molecule has 2 nitrogen and oxygen atoms in total. The van der Waals surface area contributed by atoms with Gasteiger partial charge in [0.05, 0.1) is 15.6 Å². The predicted molar refractivity (Wildman–Crippen MR) is 76.8 cm³/mol. The zero-order valence-corrected chi connectivity index (χ0v) is 13.2. The Bertz CT molecular complexity index is 364. The van der Waals surface area contributed by atoms with E-state index in [0.29, 0.717) is 18.1 Å². The SMILES string of the molecule is CCC(CC)COc1c(Br)cc(C=O)cc1Br. The molecule has 0 bridgehead atoms. The molecule has 0 aliphatic heterocycles. The van der Waals surface area contributed by atoms with Crippen LogP contribution in [0.5, 0.6) is 5.75 Å². The fourth-order valence-electron chi connectivity index (χ4n) is 1.51. The normalized spacial score (nSPS) is 10.6. The van der Waals surface area contributed by atoms with E-state index in [4.69, 9.17) is 4.74 Å². The number of hydrogen-bond acceptors (Lipinski definition) is 2. The number of benzene rings is 1. The van der Waals surface area contributed by atoms with Gasteiger partial charge in [-0.1, -0.05) is 26.7 Å². The van der Waals surface area contributed by atoms with Gasteiger partial charge in [0, 0.05) is 5.56 Å². The standard InChI is InChI=1S/C13H16Br2O2/c1-3-9(4-2)8-17-13-11(14)5-10(7-16)6-12(13)15/h5-7,9H,3-4,8H2,1-2H3. The lowest BCUT2D eigenvalue weighted by atomic mass is 10.1. The molecular weight excluding hydrogens is 348 g/mol. The molecule has 17 heavy (non-hydrogen) atoms. The topological polar surface area (TPSA) is 26.3 Å². The summed E-state index contributed by atoms with van der Waals surface area (Å²) in [7, 11) is 0. The monoisotopic (exact) mass is 362 g/mol. The minimum absolute atomic E-state index is 0.569. The number of aldehydes is 1. The van der Waals surface area contributed by atoms with Crippen LogP contribution < -0.4 is 4.74 Å². The van der Waals surface area contributed by atoms with Gasteiger partial charge in [-0.25, -0.2) is 0 Å². The molecule has 0 aromatic heterocycles. The highest BCUT2D eigenvalue weighted by molar-refractivity contribution is 9.11. The molecule has 1 aromatic rings. The molecular formula is C13H16Br2O2. The van der Waals surface area contributed by atoms with Crippen molar-refractivity contribution >= 4 is 38.1 Å². The molecule has 1 aromatic carbocycles. The number of carbonyl (C=O) groups excluding carboxylic acids is 1. The van der Waals surface area contributed by atoms with E-state index >= 15 is 0 Å². The minimum Gasteiger partial charge on any atom is -0.491 e. The highest BCUT2D eigenvalue weighted by Gasteiger charge is 2.11. The third kappa shape index (κ3) is 4.11.